The third-order valence-corrected chi connectivity index (χ3v) is 6.52. The molecule has 4 N–H and O–H groups in total. The summed E-state index contributed by atoms with van der Waals surface area (Å²) in [4.78, 5) is 25.5. The molecule has 5 rings (SSSR count). The smallest absolute Gasteiger partial charge is 0.282 e. The number of nitrogen functional groups attached to an aromatic ring is 1. The molecule has 0 unspecified atom stereocenters. The van der Waals surface area contributed by atoms with Gasteiger partial charge in [-0.1, -0.05) is 30.3 Å². The van der Waals surface area contributed by atoms with E-state index in [0.29, 0.717) is 22.4 Å². The standard InChI is InChI=1S/C24H19N7O3S/c25-23-19(24(32)31(29-23)17-6-2-1-3-7-17)14-26-16-10-12-18(13-11-16)35(33,34)30-22-15-27-20-8-4-5-9-21(20)28-22/h1-15,29H,25H2,(H,28,30). The zero-order valence-corrected chi connectivity index (χ0v) is 19.0. The van der Waals surface area contributed by atoms with E-state index in [1.165, 1.54) is 41.4 Å². The first kappa shape index (κ1) is 22.0. The van der Waals surface area contributed by atoms with Crippen LogP contribution in [0.5, 0.6) is 0 Å². The van der Waals surface area contributed by atoms with Crippen LogP contribution in [0.1, 0.15) is 5.56 Å². The fourth-order valence-electron chi connectivity index (χ4n) is 3.40. The number of nitrogens with zero attached hydrogens (tertiary/aromatic N) is 4. The van der Waals surface area contributed by atoms with Crippen molar-refractivity contribution in [2.24, 2.45) is 4.99 Å². The number of anilines is 2. The fraction of sp³-hybridized carbons (Fsp3) is 0. The molecule has 0 radical (unpaired) electrons. The van der Waals surface area contributed by atoms with Gasteiger partial charge in [0, 0.05) is 6.21 Å². The zero-order valence-electron chi connectivity index (χ0n) is 18.2. The third kappa shape index (κ3) is 4.52. The second kappa shape index (κ2) is 8.88. The average Bonchev–Trinajstić information content (AvgIpc) is 3.16. The summed E-state index contributed by atoms with van der Waals surface area (Å²) in [6, 6.07) is 22.0. The molecule has 2 heterocycles. The molecular formula is C24H19N7O3S. The number of nitrogens with two attached hydrogens (primary N) is 1. The molecule has 0 amide bonds. The van der Waals surface area contributed by atoms with Crippen molar-refractivity contribution >= 4 is 44.6 Å². The molecule has 0 aliphatic rings. The Morgan fingerprint density at radius 1 is 0.943 bits per heavy atom. The Balaban J connectivity index is 1.35. The van der Waals surface area contributed by atoms with Gasteiger partial charge in [0.05, 0.1) is 33.5 Å². The summed E-state index contributed by atoms with van der Waals surface area (Å²) in [5, 5.41) is 2.82. The zero-order chi connectivity index (χ0) is 24.4. The Labute approximate surface area is 199 Å². The molecule has 0 bridgehead atoms. The number of nitrogens with one attached hydrogen (secondary N) is 2. The Hall–Kier alpha value is -4.77. The summed E-state index contributed by atoms with van der Waals surface area (Å²) in [6.07, 6.45) is 2.71. The van der Waals surface area contributed by atoms with Crippen molar-refractivity contribution in [1.82, 2.24) is 19.7 Å². The minimum absolute atomic E-state index is 0.0269. The Morgan fingerprint density at radius 2 is 1.63 bits per heavy atom. The topological polar surface area (TPSA) is 148 Å². The molecule has 0 saturated carbocycles. The highest BCUT2D eigenvalue weighted by Gasteiger charge is 2.16. The number of H-pyrrole nitrogens is 1. The van der Waals surface area contributed by atoms with E-state index in [2.05, 4.69) is 24.8 Å². The van der Waals surface area contributed by atoms with Gasteiger partial charge in [-0.15, -0.1) is 0 Å². The van der Waals surface area contributed by atoms with Gasteiger partial charge in [0.25, 0.3) is 15.6 Å². The maximum atomic E-state index is 12.8. The number of hydrogen-bond donors (Lipinski definition) is 3. The van der Waals surface area contributed by atoms with Gasteiger partial charge in [-0.25, -0.2) is 18.1 Å². The monoisotopic (exact) mass is 485 g/mol. The van der Waals surface area contributed by atoms with Gasteiger partial charge in [0.2, 0.25) is 0 Å². The number of aromatic nitrogens is 4. The summed E-state index contributed by atoms with van der Waals surface area (Å²) in [5.41, 5.74) is 8.14. The molecule has 0 aliphatic heterocycles. The first-order valence-electron chi connectivity index (χ1n) is 10.5. The van der Waals surface area contributed by atoms with Gasteiger partial charge in [-0.05, 0) is 48.5 Å². The van der Waals surface area contributed by atoms with E-state index in [1.54, 1.807) is 30.3 Å². The van der Waals surface area contributed by atoms with Crippen LogP contribution in [0.3, 0.4) is 0 Å². The van der Waals surface area contributed by atoms with Crippen molar-refractivity contribution in [2.75, 3.05) is 10.5 Å². The number of para-hydroxylation sites is 3. The molecule has 5 aromatic rings. The van der Waals surface area contributed by atoms with Crippen molar-refractivity contribution in [1.29, 1.82) is 0 Å². The summed E-state index contributed by atoms with van der Waals surface area (Å²) < 4.78 is 29.3. The number of sulfonamides is 1. The SMILES string of the molecule is Nc1[nH]n(-c2ccccc2)c(=O)c1C=Nc1ccc(S(=O)(=O)Nc2cnc3ccccc3n2)cc1. The van der Waals surface area contributed by atoms with Crippen molar-refractivity contribution in [3.8, 4) is 5.69 Å². The highest BCUT2D eigenvalue weighted by atomic mass is 32.2. The summed E-state index contributed by atoms with van der Waals surface area (Å²) >= 11 is 0. The molecular weight excluding hydrogens is 466 g/mol. The van der Waals surface area contributed by atoms with Crippen molar-refractivity contribution in [2.45, 2.75) is 4.90 Å². The number of aliphatic imine (C=N–C) groups is 1. The quantitative estimate of drug-likeness (QED) is 0.315. The number of rotatable bonds is 6. The molecule has 2 aromatic heterocycles. The van der Waals surface area contributed by atoms with Gasteiger partial charge in [-0.2, -0.15) is 0 Å². The summed E-state index contributed by atoms with van der Waals surface area (Å²) in [6.45, 7) is 0. The maximum absolute atomic E-state index is 12.8. The molecule has 174 valence electrons. The largest absolute Gasteiger partial charge is 0.383 e. The lowest BCUT2D eigenvalue weighted by atomic mass is 10.3. The molecule has 11 heteroatoms. The van der Waals surface area contributed by atoms with Crippen LogP contribution in [0.25, 0.3) is 16.7 Å². The highest BCUT2D eigenvalue weighted by molar-refractivity contribution is 7.92. The van der Waals surface area contributed by atoms with Gasteiger partial charge in [0.15, 0.2) is 5.82 Å². The Bertz CT molecular complexity index is 1710. The molecule has 3 aromatic carbocycles. The first-order chi connectivity index (χ1) is 16.9. The summed E-state index contributed by atoms with van der Waals surface area (Å²) in [7, 11) is -3.89. The van der Waals surface area contributed by atoms with E-state index in [0.717, 1.165) is 0 Å². The molecule has 0 atom stereocenters. The lowest BCUT2D eigenvalue weighted by Crippen LogP contribution is -2.17. The van der Waals surface area contributed by atoms with Gasteiger partial charge >= 0.3 is 0 Å². The van der Waals surface area contributed by atoms with Crippen molar-refractivity contribution < 1.29 is 8.42 Å². The van der Waals surface area contributed by atoms with Crippen LogP contribution in [0, 0.1) is 0 Å². The minimum atomic E-state index is -3.89. The molecule has 10 nitrogen and oxygen atoms in total. The molecule has 35 heavy (non-hydrogen) atoms. The van der Waals surface area contributed by atoms with E-state index in [9.17, 15) is 13.2 Å². The van der Waals surface area contributed by atoms with E-state index >= 15 is 0 Å². The van der Waals surface area contributed by atoms with Gasteiger partial charge in [-0.3, -0.25) is 24.6 Å². The van der Waals surface area contributed by atoms with Gasteiger partial charge in [0.1, 0.15) is 11.4 Å². The second-order valence-corrected chi connectivity index (χ2v) is 9.20. The van der Waals surface area contributed by atoms with Crippen molar-refractivity contribution in [3.05, 3.63) is 101 Å². The predicted octanol–water partition coefficient (Wildman–Crippen LogP) is 3.24. The fourth-order valence-corrected chi connectivity index (χ4v) is 4.39. The van der Waals surface area contributed by atoms with Crippen LogP contribution in [0.15, 0.2) is 99.7 Å². The van der Waals surface area contributed by atoms with Crippen LogP contribution in [0.4, 0.5) is 17.3 Å². The normalized spacial score (nSPS) is 11.8. The van der Waals surface area contributed by atoms with E-state index in [4.69, 9.17) is 5.73 Å². The van der Waals surface area contributed by atoms with Crippen LogP contribution in [0.2, 0.25) is 0 Å². The second-order valence-electron chi connectivity index (χ2n) is 7.52. The van der Waals surface area contributed by atoms with Crippen LogP contribution < -0.4 is 16.0 Å². The maximum Gasteiger partial charge on any atom is 0.282 e. The van der Waals surface area contributed by atoms with Gasteiger partial charge < -0.3 is 5.73 Å². The highest BCUT2D eigenvalue weighted by Crippen LogP contribution is 2.20. The van der Waals surface area contributed by atoms with E-state index in [-0.39, 0.29) is 27.7 Å². The third-order valence-electron chi connectivity index (χ3n) is 5.15. The van der Waals surface area contributed by atoms with Crippen LogP contribution in [-0.2, 0) is 10.0 Å². The summed E-state index contributed by atoms with van der Waals surface area (Å²) in [5.74, 6) is 0.283. The minimum Gasteiger partial charge on any atom is -0.383 e. The molecule has 0 saturated heterocycles. The molecule has 0 fully saturated rings. The van der Waals surface area contributed by atoms with Crippen LogP contribution >= 0.6 is 0 Å². The lowest BCUT2D eigenvalue weighted by Gasteiger charge is -2.08. The Morgan fingerprint density at radius 3 is 2.37 bits per heavy atom. The number of hydrogen-bond acceptors (Lipinski definition) is 7. The average molecular weight is 486 g/mol. The predicted molar refractivity (Wildman–Crippen MR) is 135 cm³/mol. The molecule has 0 spiro atoms. The number of fused-ring (bicyclic) bond motifs is 1. The van der Waals surface area contributed by atoms with Crippen molar-refractivity contribution in [3.63, 3.8) is 0 Å². The Kier molecular flexibility index (Phi) is 5.59. The lowest BCUT2D eigenvalue weighted by molar-refractivity contribution is 0.601. The number of aromatic amines is 1. The van der Waals surface area contributed by atoms with E-state index in [1.807, 2.05) is 24.3 Å². The van der Waals surface area contributed by atoms with Crippen LogP contribution in [-0.4, -0.2) is 34.4 Å². The molecule has 0 aliphatic carbocycles. The first-order valence-corrected chi connectivity index (χ1v) is 11.9. The number of benzene rings is 3. The van der Waals surface area contributed by atoms with E-state index < -0.39 is 10.0 Å².